The first-order valence-electron chi connectivity index (χ1n) is 5.89. The van der Waals surface area contributed by atoms with Crippen LogP contribution >= 0.6 is 55.1 Å². The zero-order valence-electron chi connectivity index (χ0n) is 11.1. The molecule has 2 nitrogen and oxygen atoms in total. The maximum absolute atomic E-state index is 6.26. The van der Waals surface area contributed by atoms with E-state index in [2.05, 4.69) is 62.6 Å². The molecular formula is C14H12Br2Cl2N2. The molecule has 0 saturated carbocycles. The molecule has 2 aromatic rings. The van der Waals surface area contributed by atoms with E-state index in [-0.39, 0.29) is 5.41 Å². The van der Waals surface area contributed by atoms with Crippen molar-refractivity contribution in [3.8, 4) is 11.4 Å². The maximum Gasteiger partial charge on any atom is 0.162 e. The predicted octanol–water partition coefficient (Wildman–Crippen LogP) is 6.27. The van der Waals surface area contributed by atoms with Crippen molar-refractivity contribution in [3.63, 3.8) is 0 Å². The van der Waals surface area contributed by atoms with Crippen LogP contribution in [0.2, 0.25) is 10.2 Å². The molecule has 0 saturated heterocycles. The van der Waals surface area contributed by atoms with Gasteiger partial charge in [0.05, 0.1) is 15.2 Å². The summed E-state index contributed by atoms with van der Waals surface area (Å²) in [6, 6.07) is 5.59. The summed E-state index contributed by atoms with van der Waals surface area (Å²) in [4.78, 5) is 8.94. The zero-order valence-corrected chi connectivity index (χ0v) is 15.8. The summed E-state index contributed by atoms with van der Waals surface area (Å²) in [5, 5.41) is 0.969. The number of hydrogen-bond donors (Lipinski definition) is 0. The summed E-state index contributed by atoms with van der Waals surface area (Å²) in [5.74, 6) is 0.528. The monoisotopic (exact) mass is 436 g/mol. The molecule has 20 heavy (non-hydrogen) atoms. The number of nitrogens with zero attached hydrogens (tertiary/aromatic N) is 2. The van der Waals surface area contributed by atoms with Crippen LogP contribution in [0, 0.1) is 0 Å². The van der Waals surface area contributed by atoms with Crippen LogP contribution in [0.4, 0.5) is 0 Å². The van der Waals surface area contributed by atoms with Gasteiger partial charge in [0.2, 0.25) is 0 Å². The second-order valence-corrected chi connectivity index (χ2v) is 7.85. The number of benzene rings is 1. The fourth-order valence-corrected chi connectivity index (χ4v) is 3.41. The minimum Gasteiger partial charge on any atom is -0.231 e. The first kappa shape index (κ1) is 16.2. The number of hydrogen-bond acceptors (Lipinski definition) is 2. The van der Waals surface area contributed by atoms with Gasteiger partial charge in [0.1, 0.15) is 5.15 Å². The van der Waals surface area contributed by atoms with Crippen LogP contribution in [-0.4, -0.2) is 9.97 Å². The Labute approximate surface area is 145 Å². The van der Waals surface area contributed by atoms with Gasteiger partial charge in [-0.2, -0.15) is 0 Å². The van der Waals surface area contributed by atoms with Crippen molar-refractivity contribution in [1.29, 1.82) is 0 Å². The lowest BCUT2D eigenvalue weighted by atomic mass is 9.92. The summed E-state index contributed by atoms with van der Waals surface area (Å²) in [5.41, 5.74) is 1.46. The van der Waals surface area contributed by atoms with Gasteiger partial charge in [-0.1, -0.05) is 59.9 Å². The Morgan fingerprint density at radius 3 is 2.25 bits per heavy atom. The standard InChI is InChI=1S/C14H12Br2Cl2N2/c1-14(2,3)11-10(16)12(18)20-13(19-11)8-5-4-7(15)6-9(8)17/h4-6H,1-3H3. The summed E-state index contributed by atoms with van der Waals surface area (Å²) < 4.78 is 1.63. The molecule has 0 bridgehead atoms. The van der Waals surface area contributed by atoms with Gasteiger partial charge < -0.3 is 0 Å². The quantitative estimate of drug-likeness (QED) is 0.490. The Morgan fingerprint density at radius 2 is 1.70 bits per heavy atom. The lowest BCUT2D eigenvalue weighted by Gasteiger charge is -2.20. The second-order valence-electron chi connectivity index (χ2n) is 5.37. The normalized spacial score (nSPS) is 11.8. The highest BCUT2D eigenvalue weighted by Gasteiger charge is 2.23. The summed E-state index contributed by atoms with van der Waals surface area (Å²) in [6.45, 7) is 6.22. The van der Waals surface area contributed by atoms with Crippen LogP contribution in [0.5, 0.6) is 0 Å². The van der Waals surface area contributed by atoms with Gasteiger partial charge in [-0.25, -0.2) is 9.97 Å². The molecule has 0 spiro atoms. The van der Waals surface area contributed by atoms with Crippen LogP contribution in [-0.2, 0) is 5.41 Å². The summed E-state index contributed by atoms with van der Waals surface area (Å²) >= 11 is 19.3. The van der Waals surface area contributed by atoms with Crippen molar-refractivity contribution >= 4 is 55.1 Å². The van der Waals surface area contributed by atoms with E-state index in [0.29, 0.717) is 16.0 Å². The highest BCUT2D eigenvalue weighted by Crippen LogP contribution is 2.36. The van der Waals surface area contributed by atoms with Crippen molar-refractivity contribution in [1.82, 2.24) is 9.97 Å². The third-order valence-corrected chi connectivity index (χ3v) is 4.75. The molecule has 0 aliphatic rings. The molecule has 0 aliphatic heterocycles. The fraction of sp³-hybridized carbons (Fsp3) is 0.286. The molecule has 0 unspecified atom stereocenters. The Kier molecular flexibility index (Phi) is 4.80. The maximum atomic E-state index is 6.26. The molecule has 1 aromatic carbocycles. The minimum atomic E-state index is -0.151. The average molecular weight is 439 g/mol. The molecule has 0 fully saturated rings. The van der Waals surface area contributed by atoms with Gasteiger partial charge >= 0.3 is 0 Å². The van der Waals surface area contributed by atoms with Crippen molar-refractivity contribution in [2.75, 3.05) is 0 Å². The summed E-state index contributed by atoms with van der Waals surface area (Å²) in [7, 11) is 0. The van der Waals surface area contributed by atoms with E-state index in [1.807, 2.05) is 18.2 Å². The molecular weight excluding hydrogens is 427 g/mol. The van der Waals surface area contributed by atoms with Gasteiger partial charge in [-0.05, 0) is 34.1 Å². The van der Waals surface area contributed by atoms with Crippen molar-refractivity contribution in [2.24, 2.45) is 0 Å². The van der Waals surface area contributed by atoms with Crippen molar-refractivity contribution in [3.05, 3.63) is 43.0 Å². The van der Waals surface area contributed by atoms with E-state index in [1.54, 1.807) is 0 Å². The average Bonchev–Trinajstić information content (AvgIpc) is 2.31. The first-order chi connectivity index (χ1) is 9.20. The lowest BCUT2D eigenvalue weighted by Crippen LogP contribution is -2.16. The number of halogens is 4. The van der Waals surface area contributed by atoms with Crippen LogP contribution in [0.3, 0.4) is 0 Å². The topological polar surface area (TPSA) is 25.8 Å². The van der Waals surface area contributed by atoms with Gasteiger partial charge in [-0.3, -0.25) is 0 Å². The van der Waals surface area contributed by atoms with E-state index in [1.165, 1.54) is 0 Å². The van der Waals surface area contributed by atoms with Crippen LogP contribution in [0.1, 0.15) is 26.5 Å². The van der Waals surface area contributed by atoms with Crippen molar-refractivity contribution < 1.29 is 0 Å². The smallest absolute Gasteiger partial charge is 0.162 e. The fourth-order valence-electron chi connectivity index (χ4n) is 1.71. The van der Waals surface area contributed by atoms with Gasteiger partial charge in [0.25, 0.3) is 0 Å². The largest absolute Gasteiger partial charge is 0.231 e. The second kappa shape index (κ2) is 5.91. The van der Waals surface area contributed by atoms with Crippen LogP contribution in [0.25, 0.3) is 11.4 Å². The van der Waals surface area contributed by atoms with Gasteiger partial charge in [0.15, 0.2) is 5.82 Å². The van der Waals surface area contributed by atoms with E-state index in [9.17, 15) is 0 Å². The third kappa shape index (κ3) is 3.35. The SMILES string of the molecule is CC(C)(C)c1nc(-c2ccc(Br)cc2Cl)nc(Cl)c1Br. The molecule has 0 aliphatic carbocycles. The third-order valence-electron chi connectivity index (χ3n) is 2.69. The predicted molar refractivity (Wildman–Crippen MR) is 91.6 cm³/mol. The summed E-state index contributed by atoms with van der Waals surface area (Å²) in [6.07, 6.45) is 0. The zero-order chi connectivity index (χ0) is 15.1. The van der Waals surface area contributed by atoms with Crippen molar-refractivity contribution in [2.45, 2.75) is 26.2 Å². The van der Waals surface area contributed by atoms with Crippen LogP contribution in [0.15, 0.2) is 27.1 Å². The molecule has 1 aromatic heterocycles. The molecule has 2 rings (SSSR count). The van der Waals surface area contributed by atoms with E-state index >= 15 is 0 Å². The highest BCUT2D eigenvalue weighted by atomic mass is 79.9. The number of aromatic nitrogens is 2. The van der Waals surface area contributed by atoms with E-state index < -0.39 is 0 Å². The lowest BCUT2D eigenvalue weighted by molar-refractivity contribution is 0.564. The molecule has 1 heterocycles. The van der Waals surface area contributed by atoms with Gasteiger partial charge in [0, 0.05) is 15.5 Å². The highest BCUT2D eigenvalue weighted by molar-refractivity contribution is 9.10. The van der Waals surface area contributed by atoms with Gasteiger partial charge in [-0.15, -0.1) is 0 Å². The molecule has 106 valence electrons. The Balaban J connectivity index is 2.67. The van der Waals surface area contributed by atoms with E-state index in [4.69, 9.17) is 23.2 Å². The Bertz CT molecular complexity index is 667. The first-order valence-corrected chi connectivity index (χ1v) is 8.23. The molecule has 0 N–H and O–H groups in total. The minimum absolute atomic E-state index is 0.151. The Hall–Kier alpha value is -0.160. The van der Waals surface area contributed by atoms with E-state index in [0.717, 1.165) is 20.2 Å². The Morgan fingerprint density at radius 1 is 1.05 bits per heavy atom. The van der Waals surface area contributed by atoms with Crippen LogP contribution < -0.4 is 0 Å². The molecule has 0 radical (unpaired) electrons. The number of rotatable bonds is 1. The molecule has 6 heteroatoms. The molecule has 0 atom stereocenters. The molecule has 0 amide bonds.